The summed E-state index contributed by atoms with van der Waals surface area (Å²) < 4.78 is 16.7. The van der Waals surface area contributed by atoms with E-state index >= 15 is 4.39 Å². The van der Waals surface area contributed by atoms with E-state index in [2.05, 4.69) is 22.9 Å². The Labute approximate surface area is 231 Å². The third-order valence-corrected chi connectivity index (χ3v) is 8.75. The number of rotatable bonds is 7. The van der Waals surface area contributed by atoms with Gasteiger partial charge in [-0.2, -0.15) is 0 Å². The minimum absolute atomic E-state index is 0.0729. The highest BCUT2D eigenvalue weighted by Gasteiger charge is 2.75. The van der Waals surface area contributed by atoms with Crippen molar-refractivity contribution >= 4 is 40.5 Å². The van der Waals surface area contributed by atoms with Gasteiger partial charge < -0.3 is 5.32 Å². The van der Waals surface area contributed by atoms with Crippen LogP contribution in [0.2, 0.25) is 5.02 Å². The molecule has 1 aliphatic carbocycles. The first-order valence-electron chi connectivity index (χ1n) is 13.0. The lowest BCUT2D eigenvalue weighted by molar-refractivity contribution is -0.898. The summed E-state index contributed by atoms with van der Waals surface area (Å²) in [6, 6.07) is 14.2. The number of halogens is 3. The molecule has 1 saturated carbocycles. The number of benzene rings is 2. The Morgan fingerprint density at radius 1 is 1.26 bits per heavy atom. The third kappa shape index (κ3) is 3.97. The number of quaternary nitrogens is 1. The molecule has 4 atom stereocenters. The average molecular weight is 553 g/mol. The normalized spacial score (nSPS) is 30.2. The van der Waals surface area contributed by atoms with Crippen molar-refractivity contribution in [3.8, 4) is 0 Å². The molecule has 2 saturated heterocycles. The van der Waals surface area contributed by atoms with Crippen LogP contribution in [0.25, 0.3) is 5.70 Å². The Hall–Kier alpha value is -2.77. The standard InChI is InChI=1S/C30H29Cl2FN4O/c1-19(31)7-5-11-24(33)28-30(2,29(38)34-22-9-6-8-21(32)17-22)36(18-20-13-14-20)27-16-15-26-23-10-3-4-12-25(23)35-37(26,27)28/h3-12,17,20,27-28H,1,13-16,18H2,2H3/p+1/b7-5-,24-11-/t27?,28?,30-,37?/m1/s1. The van der Waals surface area contributed by atoms with Crippen LogP contribution < -0.4 is 15.9 Å². The van der Waals surface area contributed by atoms with Crippen molar-refractivity contribution in [1.82, 2.24) is 4.90 Å². The lowest BCUT2D eigenvalue weighted by Crippen LogP contribution is -2.60. The maximum atomic E-state index is 16.7. The molecule has 2 aromatic carbocycles. The molecule has 3 fully saturated rings. The van der Waals surface area contributed by atoms with E-state index in [9.17, 15) is 4.79 Å². The van der Waals surface area contributed by atoms with Crippen molar-refractivity contribution in [2.75, 3.05) is 11.9 Å². The zero-order valence-corrected chi connectivity index (χ0v) is 22.7. The second-order valence-electron chi connectivity index (χ2n) is 10.8. The molecule has 196 valence electrons. The van der Waals surface area contributed by atoms with Gasteiger partial charge in [0.1, 0.15) is 11.1 Å². The molecule has 0 bridgehead atoms. The molecule has 8 heteroatoms. The molecular formula is C30H30Cl2FN4O+. The largest absolute Gasteiger partial charge is 0.324 e. The van der Waals surface area contributed by atoms with Gasteiger partial charge in [-0.05, 0) is 68.2 Å². The van der Waals surface area contributed by atoms with E-state index in [0.717, 1.165) is 48.5 Å². The zero-order chi connectivity index (χ0) is 26.7. The van der Waals surface area contributed by atoms with Crippen molar-refractivity contribution in [3.05, 3.63) is 99.8 Å². The monoisotopic (exact) mass is 551 g/mol. The highest BCUT2D eigenvalue weighted by molar-refractivity contribution is 6.31. The Bertz CT molecular complexity index is 1520. The summed E-state index contributed by atoms with van der Waals surface area (Å²) in [5.41, 5.74) is 0.429. The molecule has 38 heavy (non-hydrogen) atoms. The fourth-order valence-electron chi connectivity index (χ4n) is 6.62. The molecule has 4 aliphatic rings. The van der Waals surface area contributed by atoms with Gasteiger partial charge in [0.25, 0.3) is 5.91 Å². The fraction of sp³-hybridized carbons (Fsp3) is 0.333. The summed E-state index contributed by atoms with van der Waals surface area (Å²) in [5.74, 6) is -0.193. The predicted molar refractivity (Wildman–Crippen MR) is 149 cm³/mol. The quantitative estimate of drug-likeness (QED) is 0.360. The van der Waals surface area contributed by atoms with Crippen molar-refractivity contribution in [1.29, 1.82) is 0 Å². The molecule has 0 radical (unpaired) electrons. The number of anilines is 1. The second-order valence-corrected chi connectivity index (χ2v) is 11.7. The Morgan fingerprint density at radius 2 is 2.05 bits per heavy atom. The molecule has 1 spiro atoms. The second kappa shape index (κ2) is 9.45. The first-order valence-corrected chi connectivity index (χ1v) is 13.8. The van der Waals surface area contributed by atoms with Gasteiger partial charge in [0.15, 0.2) is 23.6 Å². The Balaban J connectivity index is 1.54. The van der Waals surface area contributed by atoms with Crippen LogP contribution >= 0.6 is 23.2 Å². The number of nitrogens with one attached hydrogen (secondary N) is 1. The molecule has 6 rings (SSSR count). The number of allylic oxidation sites excluding steroid dienone is 4. The zero-order valence-electron chi connectivity index (χ0n) is 21.2. The van der Waals surface area contributed by atoms with Crippen LogP contribution in [-0.2, 0) is 4.79 Å². The number of amides is 1. The van der Waals surface area contributed by atoms with Gasteiger partial charge in [0.2, 0.25) is 0 Å². The van der Waals surface area contributed by atoms with Crippen molar-refractivity contribution < 1.29 is 13.8 Å². The van der Waals surface area contributed by atoms with E-state index in [1.807, 2.05) is 25.1 Å². The minimum Gasteiger partial charge on any atom is -0.324 e. The van der Waals surface area contributed by atoms with Gasteiger partial charge in [-0.1, -0.05) is 59.2 Å². The van der Waals surface area contributed by atoms with E-state index in [1.165, 1.54) is 6.08 Å². The molecular weight excluding hydrogens is 522 g/mol. The van der Waals surface area contributed by atoms with Crippen LogP contribution in [0.15, 0.2) is 89.3 Å². The Kier molecular flexibility index (Phi) is 6.35. The minimum atomic E-state index is -1.22. The topological polar surface area (TPSA) is 44.7 Å². The van der Waals surface area contributed by atoms with Gasteiger partial charge in [0, 0.05) is 35.1 Å². The third-order valence-electron chi connectivity index (χ3n) is 8.38. The van der Waals surface area contributed by atoms with E-state index in [4.69, 9.17) is 28.3 Å². The highest BCUT2D eigenvalue weighted by atomic mass is 35.5. The number of nitrogens with zero attached hydrogens (tertiary/aromatic N) is 3. The molecule has 3 aliphatic heterocycles. The van der Waals surface area contributed by atoms with E-state index < -0.39 is 17.4 Å². The van der Waals surface area contributed by atoms with Gasteiger partial charge in [-0.15, -0.1) is 4.59 Å². The van der Waals surface area contributed by atoms with Gasteiger partial charge in [0.05, 0.1) is 5.22 Å². The maximum Gasteiger partial charge on any atom is 0.251 e. The van der Waals surface area contributed by atoms with E-state index in [-0.39, 0.29) is 16.7 Å². The van der Waals surface area contributed by atoms with Gasteiger partial charge in [-0.25, -0.2) is 9.29 Å². The lowest BCUT2D eigenvalue weighted by atomic mass is 9.87. The predicted octanol–water partition coefficient (Wildman–Crippen LogP) is 5.59. The van der Waals surface area contributed by atoms with Gasteiger partial charge >= 0.3 is 0 Å². The van der Waals surface area contributed by atoms with E-state index in [0.29, 0.717) is 21.7 Å². The summed E-state index contributed by atoms with van der Waals surface area (Å²) >= 11 is 12.1. The van der Waals surface area contributed by atoms with Gasteiger partial charge in [-0.3, -0.25) is 4.79 Å². The van der Waals surface area contributed by atoms with Crippen molar-refractivity contribution in [2.45, 2.75) is 50.4 Å². The molecule has 5 nitrogen and oxygen atoms in total. The van der Waals surface area contributed by atoms with Crippen molar-refractivity contribution in [3.63, 3.8) is 0 Å². The van der Waals surface area contributed by atoms with Crippen LogP contribution in [0.4, 0.5) is 10.1 Å². The molecule has 1 amide bonds. The Morgan fingerprint density at radius 3 is 2.79 bits per heavy atom. The fourth-order valence-corrected chi connectivity index (χ4v) is 6.89. The molecule has 3 unspecified atom stereocenters. The maximum absolute atomic E-state index is 16.7. The lowest BCUT2D eigenvalue weighted by Gasteiger charge is -2.36. The summed E-state index contributed by atoms with van der Waals surface area (Å²) in [6.45, 7) is 6.26. The number of carbonyl (C=O) groups excluding carboxylic acids is 1. The molecule has 0 aromatic heterocycles. The highest BCUT2D eigenvalue weighted by Crippen LogP contribution is 2.57. The first-order chi connectivity index (χ1) is 18.2. The number of carbonyl (C=O) groups is 1. The summed E-state index contributed by atoms with van der Waals surface area (Å²) in [6.07, 6.45) is 8.19. The van der Waals surface area contributed by atoms with Crippen LogP contribution in [0, 0.1) is 5.92 Å². The molecule has 1 N–H and O–H groups in total. The first kappa shape index (κ1) is 25.5. The summed E-state index contributed by atoms with van der Waals surface area (Å²) in [5, 5.41) is 11.0. The van der Waals surface area contributed by atoms with E-state index in [1.54, 1.807) is 36.4 Å². The smallest absolute Gasteiger partial charge is 0.251 e. The number of hydrogen-bond donors (Lipinski definition) is 1. The number of fused-ring (bicyclic) bond motifs is 1. The van der Waals surface area contributed by atoms with Crippen LogP contribution in [0.5, 0.6) is 0 Å². The van der Waals surface area contributed by atoms with Crippen LogP contribution in [-0.4, -0.2) is 39.7 Å². The molecule has 3 heterocycles. The van der Waals surface area contributed by atoms with Crippen molar-refractivity contribution in [2.24, 2.45) is 11.0 Å². The summed E-state index contributed by atoms with van der Waals surface area (Å²) in [7, 11) is 0. The van der Waals surface area contributed by atoms with Crippen LogP contribution in [0.1, 0.15) is 32.6 Å². The molecule has 2 aromatic rings. The average Bonchev–Trinajstić information content (AvgIpc) is 3.48. The SMILES string of the molecule is C=C(Cl)/C=C\C=C(/F)C1[C@](C)(C(=O)Nc2cccc(Cl)c2)N(CC2CC2)C2CCC3=c4ccccc4=N[N+]321. The summed E-state index contributed by atoms with van der Waals surface area (Å²) in [4.78, 5) is 16.6. The number of hydrogen-bond acceptors (Lipinski definition) is 3. The van der Waals surface area contributed by atoms with Crippen LogP contribution in [0.3, 0.4) is 0 Å².